The van der Waals surface area contributed by atoms with E-state index in [1.54, 1.807) is 13.3 Å². The van der Waals surface area contributed by atoms with E-state index in [0.29, 0.717) is 12.6 Å². The molecule has 1 atom stereocenters. The number of anilines is 1. The Morgan fingerprint density at radius 1 is 1.38 bits per heavy atom. The zero-order valence-electron chi connectivity index (χ0n) is 13.5. The van der Waals surface area contributed by atoms with Crippen LogP contribution in [0, 0.1) is 0 Å². The number of aromatic nitrogens is 5. The van der Waals surface area contributed by atoms with Crippen LogP contribution >= 0.6 is 0 Å². The lowest BCUT2D eigenvalue weighted by molar-refractivity contribution is 0.190. The van der Waals surface area contributed by atoms with Crippen molar-refractivity contribution in [1.82, 2.24) is 24.6 Å². The second kappa shape index (κ2) is 5.93. The molecule has 0 radical (unpaired) electrons. The van der Waals surface area contributed by atoms with Crippen molar-refractivity contribution in [2.24, 2.45) is 0 Å². The number of methoxy groups -OCH3 is 1. The Morgan fingerprint density at radius 3 is 3.17 bits per heavy atom. The van der Waals surface area contributed by atoms with E-state index < -0.39 is 0 Å². The van der Waals surface area contributed by atoms with Crippen molar-refractivity contribution in [3.05, 3.63) is 43.0 Å². The van der Waals surface area contributed by atoms with Crippen LogP contribution in [0.1, 0.15) is 6.92 Å². The summed E-state index contributed by atoms with van der Waals surface area (Å²) in [5.41, 5.74) is 4.03. The highest BCUT2D eigenvalue weighted by molar-refractivity contribution is 5.94. The number of nitrogens with zero attached hydrogens (tertiary/aromatic N) is 4. The smallest absolute Gasteiger partial charge is 0.224 e. The molecule has 0 aliphatic carbocycles. The van der Waals surface area contributed by atoms with E-state index in [0.717, 1.165) is 27.7 Å². The molecule has 4 aromatic rings. The molecule has 0 spiro atoms. The average Bonchev–Trinajstić information content (AvgIpc) is 3.20. The quantitative estimate of drug-likeness (QED) is 0.590. The molecule has 24 heavy (non-hydrogen) atoms. The third-order valence-corrected chi connectivity index (χ3v) is 3.93. The highest BCUT2D eigenvalue weighted by Crippen LogP contribution is 2.28. The molecular weight excluding hydrogens is 304 g/mol. The minimum atomic E-state index is 0.145. The van der Waals surface area contributed by atoms with Gasteiger partial charge in [-0.15, -0.1) is 0 Å². The molecule has 0 amide bonds. The lowest BCUT2D eigenvalue weighted by atomic mass is 10.1. The van der Waals surface area contributed by atoms with Crippen molar-refractivity contribution >= 4 is 22.5 Å². The van der Waals surface area contributed by atoms with Crippen molar-refractivity contribution in [3.63, 3.8) is 0 Å². The summed E-state index contributed by atoms with van der Waals surface area (Å²) in [6.45, 7) is 2.63. The van der Waals surface area contributed by atoms with Crippen molar-refractivity contribution in [2.75, 3.05) is 19.0 Å². The first-order chi connectivity index (χ1) is 11.7. The van der Waals surface area contributed by atoms with E-state index in [1.807, 2.05) is 42.2 Å². The molecule has 2 N–H and O–H groups in total. The normalized spacial score (nSPS) is 12.8. The summed E-state index contributed by atoms with van der Waals surface area (Å²) in [5, 5.41) is 8.44. The molecule has 0 unspecified atom stereocenters. The van der Waals surface area contributed by atoms with Crippen molar-refractivity contribution in [3.8, 4) is 11.1 Å². The van der Waals surface area contributed by atoms with Crippen LogP contribution in [0.15, 0.2) is 43.0 Å². The Morgan fingerprint density at radius 2 is 2.29 bits per heavy atom. The van der Waals surface area contributed by atoms with Crippen molar-refractivity contribution < 1.29 is 4.74 Å². The second-order valence-corrected chi connectivity index (χ2v) is 5.78. The maximum Gasteiger partial charge on any atom is 0.224 e. The predicted octanol–water partition coefficient (Wildman–Crippen LogP) is 2.72. The minimum Gasteiger partial charge on any atom is -0.383 e. The largest absolute Gasteiger partial charge is 0.383 e. The molecule has 7 nitrogen and oxygen atoms in total. The number of H-pyrrole nitrogens is 1. The SMILES string of the molecule is COC[C@H](C)Nc1ncc2c(-c3ccn4nccc4c3)c[nH]c2n1. The number of hydrogen-bond acceptors (Lipinski definition) is 5. The molecule has 122 valence electrons. The van der Waals surface area contributed by atoms with Gasteiger partial charge in [-0.25, -0.2) is 9.50 Å². The third-order valence-electron chi connectivity index (χ3n) is 3.93. The zero-order valence-corrected chi connectivity index (χ0v) is 13.5. The van der Waals surface area contributed by atoms with Crippen LogP contribution in [0.5, 0.6) is 0 Å². The van der Waals surface area contributed by atoms with Crippen LogP contribution < -0.4 is 5.32 Å². The van der Waals surface area contributed by atoms with Gasteiger partial charge in [0.25, 0.3) is 0 Å². The molecule has 4 rings (SSSR count). The number of hydrogen-bond donors (Lipinski definition) is 2. The van der Waals surface area contributed by atoms with Gasteiger partial charge < -0.3 is 15.0 Å². The molecule has 0 aromatic carbocycles. The summed E-state index contributed by atoms with van der Waals surface area (Å²) >= 11 is 0. The first kappa shape index (κ1) is 14.6. The van der Waals surface area contributed by atoms with Crippen LogP contribution in [0.2, 0.25) is 0 Å². The Bertz CT molecular complexity index is 989. The van der Waals surface area contributed by atoms with Gasteiger partial charge in [0.05, 0.1) is 12.1 Å². The molecule has 0 aliphatic heterocycles. The first-order valence-corrected chi connectivity index (χ1v) is 7.78. The summed E-state index contributed by atoms with van der Waals surface area (Å²) < 4.78 is 6.96. The molecule has 4 aromatic heterocycles. The summed E-state index contributed by atoms with van der Waals surface area (Å²) in [4.78, 5) is 12.2. The summed E-state index contributed by atoms with van der Waals surface area (Å²) in [7, 11) is 1.68. The molecule has 7 heteroatoms. The van der Waals surface area contributed by atoms with Crippen molar-refractivity contribution in [1.29, 1.82) is 0 Å². The van der Waals surface area contributed by atoms with Gasteiger partial charge in [-0.3, -0.25) is 0 Å². The van der Waals surface area contributed by atoms with Crippen LogP contribution in [-0.4, -0.2) is 44.3 Å². The molecule has 4 heterocycles. The molecule has 0 saturated heterocycles. The summed E-state index contributed by atoms with van der Waals surface area (Å²) in [5.74, 6) is 0.590. The number of rotatable bonds is 5. The van der Waals surface area contributed by atoms with E-state index >= 15 is 0 Å². The van der Waals surface area contributed by atoms with Crippen LogP contribution in [-0.2, 0) is 4.74 Å². The number of fused-ring (bicyclic) bond motifs is 2. The fourth-order valence-corrected chi connectivity index (χ4v) is 2.82. The minimum absolute atomic E-state index is 0.145. The Labute approximate surface area is 138 Å². The molecule has 0 bridgehead atoms. The fourth-order valence-electron chi connectivity index (χ4n) is 2.82. The lowest BCUT2D eigenvalue weighted by Crippen LogP contribution is -2.22. The number of nitrogens with one attached hydrogen (secondary N) is 2. The molecule has 0 aliphatic rings. The van der Waals surface area contributed by atoms with Crippen LogP contribution in [0.4, 0.5) is 5.95 Å². The summed E-state index contributed by atoms with van der Waals surface area (Å²) in [6, 6.07) is 6.26. The average molecular weight is 322 g/mol. The van der Waals surface area contributed by atoms with Gasteiger partial charge in [-0.05, 0) is 30.7 Å². The topological polar surface area (TPSA) is 80.1 Å². The Kier molecular flexibility index (Phi) is 3.62. The van der Waals surface area contributed by atoms with Gasteiger partial charge in [-0.1, -0.05) is 0 Å². The Hall–Kier alpha value is -2.93. The van der Waals surface area contributed by atoms with E-state index in [-0.39, 0.29) is 6.04 Å². The highest BCUT2D eigenvalue weighted by Gasteiger charge is 2.11. The first-order valence-electron chi connectivity index (χ1n) is 7.78. The number of pyridine rings is 1. The maximum absolute atomic E-state index is 5.12. The standard InChI is InChI=1S/C17H18N6O/c1-11(10-24-2)21-17-19-9-15-14(8-18-16(15)22-17)12-4-6-23-13(7-12)3-5-20-23/h3-9,11H,10H2,1-2H3,(H2,18,19,21,22)/t11-/m0/s1. The summed E-state index contributed by atoms with van der Waals surface area (Å²) in [6.07, 6.45) is 7.55. The fraction of sp³-hybridized carbons (Fsp3) is 0.235. The third kappa shape index (κ3) is 2.59. The van der Waals surface area contributed by atoms with Crippen molar-refractivity contribution in [2.45, 2.75) is 13.0 Å². The van der Waals surface area contributed by atoms with Gasteiger partial charge in [-0.2, -0.15) is 10.1 Å². The van der Waals surface area contributed by atoms with E-state index in [2.05, 4.69) is 31.4 Å². The predicted molar refractivity (Wildman–Crippen MR) is 93.0 cm³/mol. The number of ether oxygens (including phenoxy) is 1. The van der Waals surface area contributed by atoms with E-state index in [9.17, 15) is 0 Å². The second-order valence-electron chi connectivity index (χ2n) is 5.78. The van der Waals surface area contributed by atoms with Crippen LogP contribution in [0.3, 0.4) is 0 Å². The maximum atomic E-state index is 5.12. The molecule has 0 saturated carbocycles. The molecule has 0 fully saturated rings. The van der Waals surface area contributed by atoms with Gasteiger partial charge in [0.15, 0.2) is 0 Å². The molecular formula is C17H18N6O. The van der Waals surface area contributed by atoms with Gasteiger partial charge in [0.2, 0.25) is 5.95 Å². The highest BCUT2D eigenvalue weighted by atomic mass is 16.5. The van der Waals surface area contributed by atoms with E-state index in [1.165, 1.54) is 0 Å². The number of aromatic amines is 1. The van der Waals surface area contributed by atoms with Crippen LogP contribution in [0.25, 0.3) is 27.7 Å². The van der Waals surface area contributed by atoms with Gasteiger partial charge in [0, 0.05) is 48.9 Å². The Balaban J connectivity index is 1.69. The van der Waals surface area contributed by atoms with Gasteiger partial charge in [0.1, 0.15) is 5.65 Å². The zero-order chi connectivity index (χ0) is 16.5. The van der Waals surface area contributed by atoms with E-state index in [4.69, 9.17) is 4.74 Å². The monoisotopic (exact) mass is 322 g/mol. The lowest BCUT2D eigenvalue weighted by Gasteiger charge is -2.12. The van der Waals surface area contributed by atoms with Gasteiger partial charge >= 0.3 is 0 Å².